The third-order valence-corrected chi connectivity index (χ3v) is 2.49. The number of hydrogen-bond donors (Lipinski definition) is 1. The maximum Gasteiger partial charge on any atom is 0.350 e. The first kappa shape index (κ1) is 13.1. The Balaban J connectivity index is 2.85. The summed E-state index contributed by atoms with van der Waals surface area (Å²) in [5.74, 6) is -0.682. The van der Waals surface area contributed by atoms with Crippen LogP contribution in [0.4, 0.5) is 5.69 Å². The topological polar surface area (TPSA) is 62.1 Å². The summed E-state index contributed by atoms with van der Waals surface area (Å²) in [4.78, 5) is 11.1. The molecule has 1 aromatic carbocycles. The summed E-state index contributed by atoms with van der Waals surface area (Å²) in [6.45, 7) is 1.89. The first-order valence-corrected chi connectivity index (χ1v) is 5.17. The predicted molar refractivity (Wildman–Crippen MR) is 65.5 cm³/mol. The lowest BCUT2D eigenvalue weighted by Gasteiger charge is -2.04. The van der Waals surface area contributed by atoms with Crippen LogP contribution in [0.15, 0.2) is 30.0 Å². The van der Waals surface area contributed by atoms with Crippen LogP contribution in [0.2, 0.25) is 5.02 Å². The van der Waals surface area contributed by atoms with Gasteiger partial charge in [0.15, 0.2) is 5.57 Å². The molecule has 0 fully saturated rings. The van der Waals surface area contributed by atoms with Gasteiger partial charge in [-0.05, 0) is 24.6 Å². The van der Waals surface area contributed by atoms with Crippen molar-refractivity contribution in [3.63, 3.8) is 0 Å². The average molecular weight is 251 g/mol. The van der Waals surface area contributed by atoms with Gasteiger partial charge < -0.3 is 10.1 Å². The van der Waals surface area contributed by atoms with Crippen molar-refractivity contribution >= 4 is 23.3 Å². The van der Waals surface area contributed by atoms with Crippen molar-refractivity contribution in [1.82, 2.24) is 0 Å². The van der Waals surface area contributed by atoms with Crippen LogP contribution in [0, 0.1) is 18.3 Å². The van der Waals surface area contributed by atoms with Crippen LogP contribution in [0.25, 0.3) is 0 Å². The normalized spacial score (nSPS) is 10.6. The van der Waals surface area contributed by atoms with Crippen molar-refractivity contribution in [2.75, 3.05) is 12.4 Å². The van der Waals surface area contributed by atoms with Crippen LogP contribution < -0.4 is 5.32 Å². The molecule has 0 aromatic heterocycles. The molecule has 1 rings (SSSR count). The highest BCUT2D eigenvalue weighted by molar-refractivity contribution is 6.31. The number of halogens is 1. The van der Waals surface area contributed by atoms with Gasteiger partial charge in [0.05, 0.1) is 7.11 Å². The molecule has 4 nitrogen and oxygen atoms in total. The number of nitrogens with zero attached hydrogens (tertiary/aromatic N) is 1. The average Bonchev–Trinajstić information content (AvgIpc) is 2.33. The minimum absolute atomic E-state index is 0.107. The van der Waals surface area contributed by atoms with E-state index in [0.717, 1.165) is 5.56 Å². The van der Waals surface area contributed by atoms with Crippen molar-refractivity contribution in [2.24, 2.45) is 0 Å². The molecular formula is C12H11ClN2O2. The fourth-order valence-corrected chi connectivity index (χ4v) is 1.27. The first-order chi connectivity index (χ1) is 8.08. The number of anilines is 1. The summed E-state index contributed by atoms with van der Waals surface area (Å²) in [5.41, 5.74) is 1.54. The van der Waals surface area contributed by atoms with Gasteiger partial charge in [0.2, 0.25) is 0 Å². The number of esters is 1. The van der Waals surface area contributed by atoms with Crippen LogP contribution in [-0.4, -0.2) is 13.1 Å². The minimum Gasteiger partial charge on any atom is -0.465 e. The van der Waals surface area contributed by atoms with E-state index in [-0.39, 0.29) is 5.57 Å². The van der Waals surface area contributed by atoms with E-state index >= 15 is 0 Å². The van der Waals surface area contributed by atoms with E-state index in [2.05, 4.69) is 10.1 Å². The van der Waals surface area contributed by atoms with Gasteiger partial charge in [-0.2, -0.15) is 5.26 Å². The Kier molecular flexibility index (Phi) is 4.56. The van der Waals surface area contributed by atoms with Crippen LogP contribution >= 0.6 is 11.6 Å². The van der Waals surface area contributed by atoms with E-state index in [4.69, 9.17) is 16.9 Å². The number of nitriles is 1. The van der Waals surface area contributed by atoms with Gasteiger partial charge in [-0.15, -0.1) is 0 Å². The minimum atomic E-state index is -0.682. The van der Waals surface area contributed by atoms with Gasteiger partial charge >= 0.3 is 5.97 Å². The summed E-state index contributed by atoms with van der Waals surface area (Å²) < 4.78 is 4.44. The van der Waals surface area contributed by atoms with Gasteiger partial charge in [-0.1, -0.05) is 17.7 Å². The molecule has 0 atom stereocenters. The third kappa shape index (κ3) is 3.51. The van der Waals surface area contributed by atoms with Crippen LogP contribution in [0.5, 0.6) is 0 Å². The van der Waals surface area contributed by atoms with Crippen LogP contribution in [0.1, 0.15) is 5.56 Å². The zero-order valence-electron chi connectivity index (χ0n) is 9.45. The van der Waals surface area contributed by atoms with Crippen LogP contribution in [-0.2, 0) is 9.53 Å². The molecule has 0 amide bonds. The number of benzene rings is 1. The Hall–Kier alpha value is -1.99. The standard InChI is InChI=1S/C12H11ClN2O2/c1-8-3-4-10(5-11(8)13)15-7-9(6-14)12(16)17-2/h3-5,7,15H,1-2H3/b9-7+. The van der Waals surface area contributed by atoms with Crippen molar-refractivity contribution < 1.29 is 9.53 Å². The van der Waals surface area contributed by atoms with Crippen LogP contribution in [0.3, 0.4) is 0 Å². The van der Waals surface area contributed by atoms with E-state index < -0.39 is 5.97 Å². The highest BCUT2D eigenvalue weighted by Gasteiger charge is 2.07. The Labute approximate surface area is 104 Å². The quantitative estimate of drug-likeness (QED) is 0.509. The molecule has 0 bridgehead atoms. The Morgan fingerprint density at radius 3 is 2.82 bits per heavy atom. The number of rotatable bonds is 3. The predicted octanol–water partition coefficient (Wildman–Crippen LogP) is 2.64. The van der Waals surface area contributed by atoms with Gasteiger partial charge in [0.1, 0.15) is 6.07 Å². The lowest BCUT2D eigenvalue weighted by atomic mass is 10.2. The van der Waals surface area contributed by atoms with E-state index in [1.165, 1.54) is 13.3 Å². The molecule has 1 aromatic rings. The smallest absolute Gasteiger partial charge is 0.350 e. The molecule has 0 aliphatic carbocycles. The molecule has 0 heterocycles. The number of ether oxygens (including phenoxy) is 1. The second-order valence-corrected chi connectivity index (χ2v) is 3.68. The van der Waals surface area contributed by atoms with Crippen molar-refractivity contribution in [2.45, 2.75) is 6.92 Å². The highest BCUT2D eigenvalue weighted by Crippen LogP contribution is 2.20. The molecule has 0 saturated heterocycles. The van der Waals surface area contributed by atoms with Crippen molar-refractivity contribution in [3.05, 3.63) is 40.6 Å². The SMILES string of the molecule is COC(=O)/C(C#N)=C/Nc1ccc(C)c(Cl)c1. The maximum atomic E-state index is 11.1. The molecule has 0 aliphatic rings. The summed E-state index contributed by atoms with van der Waals surface area (Å²) in [5, 5.41) is 12.1. The molecule has 5 heteroatoms. The van der Waals surface area contributed by atoms with Gasteiger partial charge in [0, 0.05) is 16.9 Å². The van der Waals surface area contributed by atoms with Crippen molar-refractivity contribution in [3.8, 4) is 6.07 Å². The molecule has 0 spiro atoms. The number of nitrogens with one attached hydrogen (secondary N) is 1. The molecule has 0 aliphatic heterocycles. The largest absolute Gasteiger partial charge is 0.465 e. The number of aryl methyl sites for hydroxylation is 1. The summed E-state index contributed by atoms with van der Waals surface area (Å²) in [6, 6.07) is 7.08. The molecule has 88 valence electrons. The molecule has 0 saturated carbocycles. The zero-order chi connectivity index (χ0) is 12.8. The van der Waals surface area contributed by atoms with Gasteiger partial charge in [-0.25, -0.2) is 4.79 Å². The number of carbonyl (C=O) groups is 1. The second-order valence-electron chi connectivity index (χ2n) is 3.27. The molecule has 1 N–H and O–H groups in total. The molecule has 0 radical (unpaired) electrons. The van der Waals surface area contributed by atoms with Crippen molar-refractivity contribution in [1.29, 1.82) is 5.26 Å². The first-order valence-electron chi connectivity index (χ1n) is 4.79. The number of carbonyl (C=O) groups excluding carboxylic acids is 1. The fraction of sp³-hybridized carbons (Fsp3) is 0.167. The van der Waals surface area contributed by atoms with E-state index in [1.807, 2.05) is 13.0 Å². The molecule has 17 heavy (non-hydrogen) atoms. The fourth-order valence-electron chi connectivity index (χ4n) is 1.08. The number of methoxy groups -OCH3 is 1. The molecule has 0 unspecified atom stereocenters. The Morgan fingerprint density at radius 1 is 1.59 bits per heavy atom. The lowest BCUT2D eigenvalue weighted by molar-refractivity contribution is -0.135. The summed E-state index contributed by atoms with van der Waals surface area (Å²) >= 11 is 5.94. The lowest BCUT2D eigenvalue weighted by Crippen LogP contribution is -2.05. The highest BCUT2D eigenvalue weighted by atomic mass is 35.5. The van der Waals surface area contributed by atoms with E-state index in [9.17, 15) is 4.79 Å². The number of hydrogen-bond acceptors (Lipinski definition) is 4. The summed E-state index contributed by atoms with van der Waals surface area (Å²) in [6.07, 6.45) is 1.28. The monoisotopic (exact) mass is 250 g/mol. The Morgan fingerprint density at radius 2 is 2.29 bits per heavy atom. The molecular weight excluding hydrogens is 240 g/mol. The summed E-state index contributed by atoms with van der Waals surface area (Å²) in [7, 11) is 1.22. The van der Waals surface area contributed by atoms with Gasteiger partial charge in [0.25, 0.3) is 0 Å². The van der Waals surface area contributed by atoms with Gasteiger partial charge in [-0.3, -0.25) is 0 Å². The Bertz CT molecular complexity index is 504. The maximum absolute atomic E-state index is 11.1. The third-order valence-electron chi connectivity index (χ3n) is 2.08. The van der Waals surface area contributed by atoms with E-state index in [1.54, 1.807) is 18.2 Å². The second kappa shape index (κ2) is 5.92. The zero-order valence-corrected chi connectivity index (χ0v) is 10.2. The van der Waals surface area contributed by atoms with E-state index in [0.29, 0.717) is 10.7 Å².